The van der Waals surface area contributed by atoms with Gasteiger partial charge in [-0.15, -0.1) is 12.3 Å². The van der Waals surface area contributed by atoms with Crippen molar-refractivity contribution in [1.82, 2.24) is 0 Å². The van der Waals surface area contributed by atoms with E-state index >= 15 is 0 Å². The smallest absolute Gasteiger partial charge is 0.748 e. The molecule has 1 atom stereocenters. The molecule has 0 radical (unpaired) electrons. The third kappa shape index (κ3) is 6.54. The molecular formula is C6H8FKO3S. The second kappa shape index (κ2) is 7.44. The van der Waals surface area contributed by atoms with Gasteiger partial charge in [0.05, 0.1) is 22.0 Å². The number of halogens is 1. The molecule has 6 heteroatoms. The van der Waals surface area contributed by atoms with E-state index in [1.54, 1.807) is 0 Å². The summed E-state index contributed by atoms with van der Waals surface area (Å²) in [7, 11) is -4.42. The Morgan fingerprint density at radius 3 is 2.33 bits per heavy atom. The summed E-state index contributed by atoms with van der Waals surface area (Å²) in [5.41, 5.74) is 0. The summed E-state index contributed by atoms with van der Waals surface area (Å²) in [5, 5.41) is -1.27. The topological polar surface area (TPSA) is 57.2 Å². The van der Waals surface area contributed by atoms with E-state index in [2.05, 4.69) is 0 Å². The maximum atomic E-state index is 11.6. The summed E-state index contributed by atoms with van der Waals surface area (Å²) in [4.78, 5) is 0. The predicted octanol–water partition coefficient (Wildman–Crippen LogP) is -2.71. The van der Waals surface area contributed by atoms with Crippen molar-refractivity contribution >= 4 is 10.1 Å². The maximum Gasteiger partial charge on any atom is 1.00 e. The average Bonchev–Trinajstić information content (AvgIpc) is 1.85. The van der Waals surface area contributed by atoms with Gasteiger partial charge < -0.3 is 4.55 Å². The molecule has 0 fully saturated rings. The molecule has 0 saturated carbocycles. The van der Waals surface area contributed by atoms with E-state index in [0.717, 1.165) is 0 Å². The Balaban J connectivity index is 0. The molecule has 0 N–H and O–H groups in total. The maximum absolute atomic E-state index is 11.6. The van der Waals surface area contributed by atoms with E-state index < -0.39 is 22.0 Å². The van der Waals surface area contributed by atoms with Crippen molar-refractivity contribution in [2.24, 2.45) is 0 Å². The van der Waals surface area contributed by atoms with Crippen molar-refractivity contribution in [3.8, 4) is 12.3 Å². The van der Waals surface area contributed by atoms with Crippen LogP contribution in [0.1, 0.15) is 12.8 Å². The van der Waals surface area contributed by atoms with Gasteiger partial charge in [-0.05, 0) is 6.42 Å². The summed E-state index contributed by atoms with van der Waals surface area (Å²) in [6, 6.07) is 0. The van der Waals surface area contributed by atoms with Crippen LogP contribution >= 0.6 is 0 Å². The van der Waals surface area contributed by atoms with Crippen molar-refractivity contribution in [1.29, 1.82) is 0 Å². The molecule has 0 amide bonds. The minimum absolute atomic E-state index is 0. The van der Waals surface area contributed by atoms with Gasteiger partial charge in [0.25, 0.3) is 0 Å². The SMILES string of the molecule is C#CCC(CC[18F])S(=O)(=O)[O-].[K+]. The van der Waals surface area contributed by atoms with Crippen molar-refractivity contribution in [2.45, 2.75) is 18.1 Å². The van der Waals surface area contributed by atoms with Gasteiger partial charge in [-0.25, -0.2) is 8.42 Å². The fourth-order valence-electron chi connectivity index (χ4n) is 0.602. The largest absolute Gasteiger partial charge is 1.00 e. The third-order valence-corrected chi connectivity index (χ3v) is 2.40. The first-order valence-electron chi connectivity index (χ1n) is 2.96. The van der Waals surface area contributed by atoms with Crippen molar-refractivity contribution in [3.63, 3.8) is 0 Å². The van der Waals surface area contributed by atoms with E-state index in [-0.39, 0.29) is 64.2 Å². The zero-order valence-corrected chi connectivity index (χ0v) is 10.7. The normalized spacial score (nSPS) is 12.8. The van der Waals surface area contributed by atoms with Gasteiger partial charge in [-0.3, -0.25) is 4.39 Å². The summed E-state index contributed by atoms with van der Waals surface area (Å²) < 4.78 is 42.5. The summed E-state index contributed by atoms with van der Waals surface area (Å²) in [5.74, 6) is 2.01. The summed E-state index contributed by atoms with van der Waals surface area (Å²) >= 11 is 0. The Hall–Kier alpha value is 1.04. The molecule has 0 bridgehead atoms. The van der Waals surface area contributed by atoms with Crippen LogP contribution in [0.3, 0.4) is 0 Å². The van der Waals surface area contributed by atoms with E-state index in [1.807, 2.05) is 5.92 Å². The van der Waals surface area contributed by atoms with Crippen LogP contribution in [-0.4, -0.2) is 24.9 Å². The second-order valence-corrected chi connectivity index (χ2v) is 3.65. The zero-order chi connectivity index (χ0) is 8.91. The van der Waals surface area contributed by atoms with Gasteiger partial charge in [0.2, 0.25) is 0 Å². The summed E-state index contributed by atoms with van der Waals surface area (Å²) in [6.07, 6.45) is 4.26. The van der Waals surface area contributed by atoms with Crippen LogP contribution in [-0.2, 0) is 10.1 Å². The first-order chi connectivity index (χ1) is 5.02. The number of hydrogen-bond donors (Lipinski definition) is 0. The molecule has 0 spiro atoms. The summed E-state index contributed by atoms with van der Waals surface area (Å²) in [6.45, 7) is -0.839. The van der Waals surface area contributed by atoms with Crippen molar-refractivity contribution in [2.75, 3.05) is 6.67 Å². The van der Waals surface area contributed by atoms with Crippen LogP contribution in [0.15, 0.2) is 0 Å². The molecule has 0 saturated heterocycles. The molecule has 0 aromatic carbocycles. The third-order valence-electron chi connectivity index (χ3n) is 1.18. The molecule has 0 heterocycles. The van der Waals surface area contributed by atoms with Crippen LogP contribution in [0.25, 0.3) is 0 Å². The Morgan fingerprint density at radius 1 is 1.58 bits per heavy atom. The number of terminal acetylenes is 1. The van der Waals surface area contributed by atoms with Crippen LogP contribution in [0.4, 0.5) is 4.39 Å². The average molecular weight is 217 g/mol. The Kier molecular flexibility index (Phi) is 9.62. The van der Waals surface area contributed by atoms with Crippen molar-refractivity contribution in [3.05, 3.63) is 0 Å². The van der Waals surface area contributed by atoms with Gasteiger partial charge in [-0.1, -0.05) is 0 Å². The van der Waals surface area contributed by atoms with Crippen LogP contribution in [0.2, 0.25) is 0 Å². The Bertz CT molecular complexity index is 244. The van der Waals surface area contributed by atoms with E-state index in [0.29, 0.717) is 0 Å². The minimum atomic E-state index is -4.42. The molecule has 0 aliphatic rings. The predicted molar refractivity (Wildman–Crippen MR) is 37.5 cm³/mol. The number of rotatable bonds is 4. The van der Waals surface area contributed by atoms with Crippen molar-refractivity contribution < 1.29 is 68.7 Å². The number of hydrogen-bond acceptors (Lipinski definition) is 3. The molecule has 0 aromatic heterocycles. The van der Waals surface area contributed by atoms with Crippen LogP contribution < -0.4 is 51.4 Å². The Morgan fingerprint density at radius 2 is 2.08 bits per heavy atom. The second-order valence-electron chi connectivity index (χ2n) is 2.00. The number of alkyl halides is 1. The first kappa shape index (κ1) is 15.5. The van der Waals surface area contributed by atoms with Crippen LogP contribution in [0.5, 0.6) is 0 Å². The monoisotopic (exact) mass is 217 g/mol. The van der Waals surface area contributed by atoms with E-state index in [1.165, 1.54) is 0 Å². The quantitative estimate of drug-likeness (QED) is 0.292. The fraction of sp³-hybridized carbons (Fsp3) is 0.667. The minimum Gasteiger partial charge on any atom is -0.748 e. The van der Waals surface area contributed by atoms with Crippen LogP contribution in [0, 0.1) is 12.3 Å². The molecule has 0 aromatic rings. The molecular weight excluding hydrogens is 209 g/mol. The molecule has 64 valence electrons. The molecule has 12 heavy (non-hydrogen) atoms. The molecule has 1 unspecified atom stereocenters. The van der Waals surface area contributed by atoms with Gasteiger partial charge in [0, 0.05) is 6.42 Å². The Labute approximate surface area is 114 Å². The van der Waals surface area contributed by atoms with Gasteiger partial charge >= 0.3 is 51.4 Å². The molecule has 0 aliphatic carbocycles. The molecule has 0 aliphatic heterocycles. The van der Waals surface area contributed by atoms with E-state index in [4.69, 9.17) is 6.42 Å². The fourth-order valence-corrected chi connectivity index (χ4v) is 1.28. The van der Waals surface area contributed by atoms with Gasteiger partial charge in [0.15, 0.2) is 0 Å². The van der Waals surface area contributed by atoms with Gasteiger partial charge in [0.1, 0.15) is 0 Å². The van der Waals surface area contributed by atoms with Gasteiger partial charge in [-0.2, -0.15) is 0 Å². The van der Waals surface area contributed by atoms with E-state index in [9.17, 15) is 17.4 Å². The molecule has 0 rings (SSSR count). The first-order valence-corrected chi connectivity index (χ1v) is 4.43. The molecule has 3 nitrogen and oxygen atoms in total. The zero-order valence-electron chi connectivity index (χ0n) is 6.79. The standard InChI is InChI=1S/C6H9FO3S.K/c1-2-3-6(4-5-7)11(8,9)10;/h1,6H,3-5H2,(H,8,9,10);/q;+1/p-1/i7-1;.